The third-order valence-electron chi connectivity index (χ3n) is 10.3. The van der Waals surface area contributed by atoms with Gasteiger partial charge in [-0.25, -0.2) is 15.0 Å². The molecule has 0 amide bonds. The Kier molecular flexibility index (Phi) is 6.45. The van der Waals surface area contributed by atoms with Crippen LogP contribution < -0.4 is 0 Å². The van der Waals surface area contributed by atoms with Crippen molar-refractivity contribution in [2.24, 2.45) is 0 Å². The summed E-state index contributed by atoms with van der Waals surface area (Å²) >= 11 is 0. The van der Waals surface area contributed by atoms with Crippen LogP contribution in [0.2, 0.25) is 0 Å². The standard InChI is InChI=1S/C47H30N6/c1-4-16-31(17-5-1)43-36-23-10-12-24-38(36)48-46(49-43)52-39-25-13-11-22-35(39)37-30-33(28-29-40(37)52)44-45(32-18-6-2-7-19-32)53-42-27-15-14-26-41(42)51(47(53)50-44)34-20-8-3-9-21-34/h1-30H. The van der Waals surface area contributed by atoms with E-state index in [1.54, 1.807) is 0 Å². The largest absolute Gasteiger partial charge is 0.278 e. The second kappa shape index (κ2) is 11.6. The molecule has 4 aromatic heterocycles. The van der Waals surface area contributed by atoms with Gasteiger partial charge in [0.2, 0.25) is 11.7 Å². The zero-order valence-corrected chi connectivity index (χ0v) is 28.5. The van der Waals surface area contributed by atoms with Crippen molar-refractivity contribution in [2.45, 2.75) is 0 Å². The quantitative estimate of drug-likeness (QED) is 0.182. The van der Waals surface area contributed by atoms with Crippen molar-refractivity contribution >= 4 is 49.5 Å². The SMILES string of the molecule is c1ccc(-c2nc(-n3c4ccccc4c4cc(-c5nc6n(-c7ccccc7)c7ccccc7n6c5-c5ccccc5)ccc43)nc3ccccc23)cc1. The average Bonchev–Trinajstić information content (AvgIpc) is 3.88. The molecule has 0 fully saturated rings. The number of hydrogen-bond acceptors (Lipinski definition) is 3. The lowest BCUT2D eigenvalue weighted by atomic mass is 10.0. The Morgan fingerprint density at radius 1 is 0.358 bits per heavy atom. The molecule has 53 heavy (non-hydrogen) atoms. The van der Waals surface area contributed by atoms with Gasteiger partial charge in [0.05, 0.1) is 44.7 Å². The van der Waals surface area contributed by atoms with Crippen LogP contribution in [0.5, 0.6) is 0 Å². The Balaban J connectivity index is 1.19. The molecule has 0 spiro atoms. The second-order valence-corrected chi connectivity index (χ2v) is 13.3. The highest BCUT2D eigenvalue weighted by atomic mass is 15.2. The average molecular weight is 679 g/mol. The molecule has 0 aliphatic heterocycles. The maximum Gasteiger partial charge on any atom is 0.235 e. The number of hydrogen-bond donors (Lipinski definition) is 0. The molecular formula is C47H30N6. The summed E-state index contributed by atoms with van der Waals surface area (Å²) in [7, 11) is 0. The molecule has 0 atom stereocenters. The van der Waals surface area contributed by atoms with Gasteiger partial charge >= 0.3 is 0 Å². The van der Waals surface area contributed by atoms with Gasteiger partial charge in [-0.3, -0.25) is 13.5 Å². The molecule has 0 radical (unpaired) electrons. The number of rotatable bonds is 5. The molecule has 6 nitrogen and oxygen atoms in total. The number of benzene rings is 7. The van der Waals surface area contributed by atoms with Crippen LogP contribution in [0.4, 0.5) is 0 Å². The van der Waals surface area contributed by atoms with Crippen LogP contribution in [0.1, 0.15) is 0 Å². The molecule has 11 aromatic rings. The maximum atomic E-state index is 5.50. The van der Waals surface area contributed by atoms with Crippen LogP contribution in [0.3, 0.4) is 0 Å². The van der Waals surface area contributed by atoms with Gasteiger partial charge in [-0.05, 0) is 48.5 Å². The molecule has 0 saturated heterocycles. The van der Waals surface area contributed by atoms with Crippen LogP contribution in [-0.2, 0) is 0 Å². The van der Waals surface area contributed by atoms with Gasteiger partial charge in [0.15, 0.2) is 0 Å². The fourth-order valence-corrected chi connectivity index (χ4v) is 7.95. The molecular weight excluding hydrogens is 649 g/mol. The van der Waals surface area contributed by atoms with Crippen LogP contribution in [0.15, 0.2) is 182 Å². The molecule has 0 unspecified atom stereocenters. The van der Waals surface area contributed by atoms with Gasteiger partial charge in [0.25, 0.3) is 0 Å². The van der Waals surface area contributed by atoms with Crippen LogP contribution in [0.25, 0.3) is 94.9 Å². The number of nitrogens with zero attached hydrogens (tertiary/aromatic N) is 6. The number of para-hydroxylation sites is 5. The second-order valence-electron chi connectivity index (χ2n) is 13.3. The monoisotopic (exact) mass is 678 g/mol. The van der Waals surface area contributed by atoms with Gasteiger partial charge in [-0.1, -0.05) is 133 Å². The summed E-state index contributed by atoms with van der Waals surface area (Å²) in [5.74, 6) is 1.51. The molecule has 4 heterocycles. The van der Waals surface area contributed by atoms with E-state index in [9.17, 15) is 0 Å². The Hall–Kier alpha value is -7.31. The van der Waals surface area contributed by atoms with E-state index >= 15 is 0 Å². The van der Waals surface area contributed by atoms with Gasteiger partial charge in [0.1, 0.15) is 0 Å². The Morgan fingerprint density at radius 2 is 0.962 bits per heavy atom. The third-order valence-corrected chi connectivity index (χ3v) is 10.3. The van der Waals surface area contributed by atoms with E-state index < -0.39 is 0 Å². The van der Waals surface area contributed by atoms with Crippen LogP contribution in [0, 0.1) is 0 Å². The molecule has 0 bridgehead atoms. The number of fused-ring (bicyclic) bond motifs is 7. The zero-order valence-electron chi connectivity index (χ0n) is 28.5. The van der Waals surface area contributed by atoms with Crippen molar-refractivity contribution in [3.8, 4) is 45.4 Å². The highest BCUT2D eigenvalue weighted by molar-refractivity contribution is 6.11. The highest BCUT2D eigenvalue weighted by Crippen LogP contribution is 2.40. The highest BCUT2D eigenvalue weighted by Gasteiger charge is 2.24. The fourth-order valence-electron chi connectivity index (χ4n) is 7.95. The van der Waals surface area contributed by atoms with Gasteiger partial charge in [-0.15, -0.1) is 0 Å². The molecule has 7 aromatic carbocycles. The maximum absolute atomic E-state index is 5.50. The van der Waals surface area contributed by atoms with E-state index in [2.05, 4.69) is 177 Å². The lowest BCUT2D eigenvalue weighted by Gasteiger charge is -2.12. The summed E-state index contributed by atoms with van der Waals surface area (Å²) in [6.07, 6.45) is 0. The van der Waals surface area contributed by atoms with Crippen LogP contribution in [-0.4, -0.2) is 28.5 Å². The predicted molar refractivity (Wildman–Crippen MR) is 216 cm³/mol. The van der Waals surface area contributed by atoms with Crippen molar-refractivity contribution in [2.75, 3.05) is 0 Å². The van der Waals surface area contributed by atoms with Gasteiger partial charge in [-0.2, -0.15) is 0 Å². The van der Waals surface area contributed by atoms with Crippen LogP contribution >= 0.6 is 0 Å². The predicted octanol–water partition coefficient (Wildman–Crippen LogP) is 11.3. The molecule has 0 aliphatic carbocycles. The Morgan fingerprint density at radius 3 is 1.74 bits per heavy atom. The van der Waals surface area contributed by atoms with Gasteiger partial charge < -0.3 is 0 Å². The molecule has 0 N–H and O–H groups in total. The summed E-state index contributed by atoms with van der Waals surface area (Å²) in [5.41, 5.74) is 12.4. The smallest absolute Gasteiger partial charge is 0.235 e. The Bertz CT molecular complexity index is 3160. The molecule has 0 aliphatic rings. The minimum atomic E-state index is 0.641. The summed E-state index contributed by atoms with van der Waals surface area (Å²) in [5, 5.41) is 3.27. The van der Waals surface area contributed by atoms with E-state index in [4.69, 9.17) is 15.0 Å². The topological polar surface area (TPSA) is 52.9 Å². The van der Waals surface area contributed by atoms with E-state index in [1.165, 1.54) is 0 Å². The summed E-state index contributed by atoms with van der Waals surface area (Å²) in [6.45, 7) is 0. The molecule has 248 valence electrons. The third kappa shape index (κ3) is 4.49. The lowest BCUT2D eigenvalue weighted by Crippen LogP contribution is -2.03. The fraction of sp³-hybridized carbons (Fsp3) is 0. The van der Waals surface area contributed by atoms with Crippen molar-refractivity contribution < 1.29 is 0 Å². The van der Waals surface area contributed by atoms with E-state index in [1.807, 2.05) is 18.2 Å². The van der Waals surface area contributed by atoms with E-state index in [0.717, 1.165) is 89.0 Å². The lowest BCUT2D eigenvalue weighted by molar-refractivity contribution is 1.01. The summed E-state index contributed by atoms with van der Waals surface area (Å²) in [4.78, 5) is 15.9. The number of aromatic nitrogens is 6. The first-order chi connectivity index (χ1) is 26.3. The summed E-state index contributed by atoms with van der Waals surface area (Å²) < 4.78 is 6.78. The summed E-state index contributed by atoms with van der Waals surface area (Å²) in [6, 6.07) is 63.5. The Labute approximate surface area is 304 Å². The van der Waals surface area contributed by atoms with E-state index in [-0.39, 0.29) is 0 Å². The van der Waals surface area contributed by atoms with Crippen molar-refractivity contribution in [1.29, 1.82) is 0 Å². The van der Waals surface area contributed by atoms with E-state index in [0.29, 0.717) is 5.95 Å². The molecule has 11 rings (SSSR count). The van der Waals surface area contributed by atoms with Crippen molar-refractivity contribution in [3.05, 3.63) is 182 Å². The molecule has 6 heteroatoms. The van der Waals surface area contributed by atoms with Crippen molar-refractivity contribution in [1.82, 2.24) is 28.5 Å². The first kappa shape index (κ1) is 29.4. The van der Waals surface area contributed by atoms with Gasteiger partial charge in [0, 0.05) is 38.5 Å². The number of imidazole rings is 2. The minimum absolute atomic E-state index is 0.641. The first-order valence-electron chi connectivity index (χ1n) is 17.8. The minimum Gasteiger partial charge on any atom is -0.278 e. The van der Waals surface area contributed by atoms with Crippen molar-refractivity contribution in [3.63, 3.8) is 0 Å². The first-order valence-corrected chi connectivity index (χ1v) is 17.8. The molecule has 0 saturated carbocycles. The normalized spacial score (nSPS) is 11.8. The zero-order chi connectivity index (χ0) is 34.9.